The number of aliphatic hydroxyl groups excluding tert-OH is 1. The number of hydrogen-bond acceptors (Lipinski definition) is 1. The van der Waals surface area contributed by atoms with Crippen LogP contribution in [0.5, 0.6) is 0 Å². The van der Waals surface area contributed by atoms with Crippen molar-refractivity contribution in [2.45, 2.75) is 133 Å². The van der Waals surface area contributed by atoms with Gasteiger partial charge in [-0.15, -0.1) is 0 Å². The van der Waals surface area contributed by atoms with Gasteiger partial charge in [-0.25, -0.2) is 0 Å². The van der Waals surface area contributed by atoms with E-state index in [9.17, 15) is 18.3 Å². The molecular formula is C32H57F3O. The summed E-state index contributed by atoms with van der Waals surface area (Å²) in [6.07, 6.45) is 8.46. The summed E-state index contributed by atoms with van der Waals surface area (Å²) in [5.41, 5.74) is 5.78. The maximum atomic E-state index is 10.4. The molecule has 0 spiro atoms. The van der Waals surface area contributed by atoms with E-state index in [1.54, 1.807) is 0 Å². The summed E-state index contributed by atoms with van der Waals surface area (Å²) >= 11 is 0. The molecule has 1 aromatic carbocycles. The molecule has 1 atom stereocenters. The van der Waals surface area contributed by atoms with Crippen LogP contribution in [0.4, 0.5) is 13.2 Å². The minimum Gasteiger partial charge on any atom is -0.393 e. The van der Waals surface area contributed by atoms with Crippen LogP contribution >= 0.6 is 0 Å². The average molecular weight is 515 g/mol. The number of aryl methyl sites for hydroxylation is 2. The molecule has 0 heterocycles. The van der Waals surface area contributed by atoms with Gasteiger partial charge in [0.05, 0.1) is 6.10 Å². The van der Waals surface area contributed by atoms with E-state index in [4.69, 9.17) is 0 Å². The summed E-state index contributed by atoms with van der Waals surface area (Å²) < 4.78 is 31.1. The third-order valence-electron chi connectivity index (χ3n) is 5.92. The van der Waals surface area contributed by atoms with E-state index in [0.717, 1.165) is 38.5 Å². The lowest BCUT2D eigenvalue weighted by molar-refractivity contribution is -0.110. The molecule has 0 amide bonds. The van der Waals surface area contributed by atoms with Crippen molar-refractivity contribution in [1.82, 2.24) is 0 Å². The van der Waals surface area contributed by atoms with Crippen LogP contribution in [0.2, 0.25) is 0 Å². The number of rotatable bonds is 6. The molecule has 0 aliphatic heterocycles. The van der Waals surface area contributed by atoms with Gasteiger partial charge < -0.3 is 5.11 Å². The van der Waals surface area contributed by atoms with Gasteiger partial charge in [0.2, 0.25) is 0 Å². The maximum Gasteiger partial charge on any atom is 0.386 e. The van der Waals surface area contributed by atoms with Crippen LogP contribution in [0, 0.1) is 18.8 Å². The summed E-state index contributed by atoms with van der Waals surface area (Å²) in [7, 11) is 0. The van der Waals surface area contributed by atoms with Crippen LogP contribution in [0.3, 0.4) is 0 Å². The molecule has 4 heteroatoms. The molecule has 1 fully saturated rings. The van der Waals surface area contributed by atoms with Crippen molar-refractivity contribution < 1.29 is 18.3 Å². The van der Waals surface area contributed by atoms with Gasteiger partial charge in [-0.3, -0.25) is 0 Å². The zero-order valence-electron chi connectivity index (χ0n) is 25.2. The molecule has 0 bridgehead atoms. The molecule has 0 radical (unpaired) electrons. The fraction of sp³-hybridized carbons (Fsp3) is 0.688. The highest BCUT2D eigenvalue weighted by Crippen LogP contribution is 2.32. The van der Waals surface area contributed by atoms with Crippen LogP contribution in [-0.2, 0) is 6.42 Å². The molecule has 1 saturated carbocycles. The number of halogens is 3. The van der Waals surface area contributed by atoms with E-state index in [0.29, 0.717) is 11.8 Å². The van der Waals surface area contributed by atoms with Gasteiger partial charge in [0, 0.05) is 6.92 Å². The number of alkyl halides is 3. The third kappa shape index (κ3) is 22.9. The Morgan fingerprint density at radius 2 is 1.42 bits per heavy atom. The van der Waals surface area contributed by atoms with Crippen molar-refractivity contribution >= 4 is 0 Å². The van der Waals surface area contributed by atoms with Gasteiger partial charge in [0.25, 0.3) is 0 Å². The summed E-state index contributed by atoms with van der Waals surface area (Å²) in [5, 5.41) is 9.61. The lowest BCUT2D eigenvalue weighted by Gasteiger charge is -2.27. The standard InChI is InChI=1S/C17H30O.C9H12.C2H3F3.2C2H6/c1-5-7-16(12-14(4)13(3)6-2)15-8-10-17(18)11-9-15;1-3-9-6-4-8(2)5-7-9;1-2(3,4)5;2*1-2/h7,12-13,15,17-18H,5-6,8-11H2,1-4H3;4-7H,3H2,1-2H3;1H3;2*1-2H3/b14-12-,16-7+;;;;. The molecular weight excluding hydrogens is 457 g/mol. The minimum absolute atomic E-state index is 0.0521. The SMILES string of the molecule is CC.CC.CC(F)(F)F.CC/C=C(\C=C(\C)C(C)CC)C1CCC(O)CC1.CCc1ccc(C)cc1. The molecule has 1 aliphatic rings. The smallest absolute Gasteiger partial charge is 0.386 e. The molecule has 1 aromatic rings. The fourth-order valence-electron chi connectivity index (χ4n) is 3.54. The van der Waals surface area contributed by atoms with E-state index >= 15 is 0 Å². The van der Waals surface area contributed by atoms with Crippen LogP contribution in [0.1, 0.15) is 119 Å². The fourth-order valence-corrected chi connectivity index (χ4v) is 3.54. The van der Waals surface area contributed by atoms with E-state index in [1.807, 2.05) is 27.7 Å². The molecule has 0 saturated heterocycles. The Bertz CT molecular complexity index is 658. The second-order valence-corrected chi connectivity index (χ2v) is 8.94. The van der Waals surface area contributed by atoms with Crippen LogP contribution < -0.4 is 0 Å². The lowest BCUT2D eigenvalue weighted by Crippen LogP contribution is -2.19. The highest BCUT2D eigenvalue weighted by atomic mass is 19.4. The Labute approximate surface area is 222 Å². The van der Waals surface area contributed by atoms with Gasteiger partial charge >= 0.3 is 6.18 Å². The second kappa shape index (κ2) is 23.8. The molecule has 1 unspecified atom stereocenters. The van der Waals surface area contributed by atoms with E-state index in [1.165, 1.54) is 28.7 Å². The Morgan fingerprint density at radius 1 is 0.972 bits per heavy atom. The van der Waals surface area contributed by atoms with Crippen molar-refractivity contribution in [3.8, 4) is 0 Å². The first-order chi connectivity index (χ1) is 16.9. The van der Waals surface area contributed by atoms with Crippen molar-refractivity contribution in [3.63, 3.8) is 0 Å². The van der Waals surface area contributed by atoms with Gasteiger partial charge in [0.1, 0.15) is 0 Å². The summed E-state index contributed by atoms with van der Waals surface area (Å²) in [6, 6.07) is 8.66. The Balaban J connectivity index is -0.000000502. The van der Waals surface area contributed by atoms with Crippen molar-refractivity contribution in [2.24, 2.45) is 11.8 Å². The largest absolute Gasteiger partial charge is 0.393 e. The number of allylic oxidation sites excluding steroid dienone is 4. The molecule has 2 rings (SSSR count). The number of aliphatic hydroxyl groups is 1. The first-order valence-corrected chi connectivity index (χ1v) is 14.1. The number of hydrogen-bond donors (Lipinski definition) is 1. The Hall–Kier alpha value is -1.55. The zero-order chi connectivity index (χ0) is 28.7. The summed E-state index contributed by atoms with van der Waals surface area (Å²) in [6.45, 7) is 21.5. The number of benzene rings is 1. The van der Waals surface area contributed by atoms with E-state index < -0.39 is 6.18 Å². The topological polar surface area (TPSA) is 20.2 Å². The molecule has 1 aliphatic carbocycles. The predicted molar refractivity (Wildman–Crippen MR) is 155 cm³/mol. The normalized spacial score (nSPS) is 18.5. The van der Waals surface area contributed by atoms with E-state index in [2.05, 4.69) is 78.0 Å². The van der Waals surface area contributed by atoms with Crippen molar-refractivity contribution in [3.05, 3.63) is 58.7 Å². The van der Waals surface area contributed by atoms with Gasteiger partial charge in [0.15, 0.2) is 0 Å². The van der Waals surface area contributed by atoms with Gasteiger partial charge in [-0.1, -0.05) is 103 Å². The predicted octanol–water partition coefficient (Wildman–Crippen LogP) is 11.0. The molecule has 0 aromatic heterocycles. The Morgan fingerprint density at radius 3 is 1.78 bits per heavy atom. The van der Waals surface area contributed by atoms with Gasteiger partial charge in [-0.05, 0) is 81.8 Å². The first kappa shape index (κ1) is 39.0. The maximum absolute atomic E-state index is 10.4. The molecule has 1 N–H and O–H groups in total. The third-order valence-corrected chi connectivity index (χ3v) is 5.92. The molecule has 36 heavy (non-hydrogen) atoms. The van der Waals surface area contributed by atoms with Gasteiger partial charge in [-0.2, -0.15) is 13.2 Å². The quantitative estimate of drug-likeness (QED) is 0.374. The summed E-state index contributed by atoms with van der Waals surface area (Å²) in [5.74, 6) is 1.35. The monoisotopic (exact) mass is 514 g/mol. The average Bonchev–Trinajstić information content (AvgIpc) is 2.86. The zero-order valence-corrected chi connectivity index (χ0v) is 25.2. The molecule has 212 valence electrons. The van der Waals surface area contributed by atoms with E-state index in [-0.39, 0.29) is 13.0 Å². The van der Waals surface area contributed by atoms with Crippen LogP contribution in [0.15, 0.2) is 47.6 Å². The van der Waals surface area contributed by atoms with Crippen LogP contribution in [0.25, 0.3) is 0 Å². The van der Waals surface area contributed by atoms with Crippen LogP contribution in [-0.4, -0.2) is 17.4 Å². The highest BCUT2D eigenvalue weighted by molar-refractivity contribution is 5.26. The minimum atomic E-state index is -4.00. The highest BCUT2D eigenvalue weighted by Gasteiger charge is 2.21. The van der Waals surface area contributed by atoms with Crippen molar-refractivity contribution in [2.75, 3.05) is 0 Å². The van der Waals surface area contributed by atoms with Crippen molar-refractivity contribution in [1.29, 1.82) is 0 Å². The lowest BCUT2D eigenvalue weighted by atomic mass is 9.81. The molecule has 1 nitrogen and oxygen atoms in total. The Kier molecular flexibility index (Phi) is 25.8. The first-order valence-electron chi connectivity index (χ1n) is 14.1. The summed E-state index contributed by atoms with van der Waals surface area (Å²) in [4.78, 5) is 0. The second-order valence-electron chi connectivity index (χ2n) is 8.94.